The van der Waals surface area contributed by atoms with Gasteiger partial charge in [0.15, 0.2) is 0 Å². The van der Waals surface area contributed by atoms with Gasteiger partial charge in [0.05, 0.1) is 11.4 Å². The number of rotatable bonds is 8. The Morgan fingerprint density at radius 2 is 1.63 bits per heavy atom. The second-order valence-electron chi connectivity index (χ2n) is 6.26. The third-order valence-corrected chi connectivity index (χ3v) is 6.59. The fraction of sp³-hybridized carbons (Fsp3) is 0.350. The van der Waals surface area contributed by atoms with E-state index in [-0.39, 0.29) is 17.3 Å². The summed E-state index contributed by atoms with van der Waals surface area (Å²) in [6, 6.07) is 12.2. The maximum atomic E-state index is 12.5. The molecule has 7 heteroatoms. The van der Waals surface area contributed by atoms with Gasteiger partial charge in [0, 0.05) is 24.5 Å². The molecule has 2 aromatic rings. The highest BCUT2D eigenvalue weighted by molar-refractivity contribution is 7.89. The van der Waals surface area contributed by atoms with Crippen molar-refractivity contribution < 1.29 is 13.2 Å². The van der Waals surface area contributed by atoms with E-state index in [9.17, 15) is 13.2 Å². The standard InChI is InChI=1S/C20H27N3O3S/c1-5-23(6-2)27(25,26)18-12-10-17(11-13-18)21-14-20(24)22-19-9-7-8-15(3)16(19)4/h7-13,21H,5-6,14H2,1-4H3,(H,22,24). The average Bonchev–Trinajstić information content (AvgIpc) is 2.65. The third kappa shape index (κ3) is 5.08. The van der Waals surface area contributed by atoms with Crippen molar-refractivity contribution in [2.24, 2.45) is 0 Å². The van der Waals surface area contributed by atoms with Crippen molar-refractivity contribution in [2.45, 2.75) is 32.6 Å². The minimum absolute atomic E-state index is 0.0928. The van der Waals surface area contributed by atoms with Gasteiger partial charge in [-0.15, -0.1) is 0 Å². The molecule has 0 spiro atoms. The van der Waals surface area contributed by atoms with Crippen molar-refractivity contribution in [2.75, 3.05) is 30.3 Å². The quantitative estimate of drug-likeness (QED) is 0.725. The summed E-state index contributed by atoms with van der Waals surface area (Å²) in [6.45, 7) is 8.53. The number of carbonyl (C=O) groups is 1. The molecule has 0 aliphatic rings. The van der Waals surface area contributed by atoms with Crippen molar-refractivity contribution in [3.63, 3.8) is 0 Å². The van der Waals surface area contributed by atoms with Crippen LogP contribution in [-0.4, -0.2) is 38.3 Å². The smallest absolute Gasteiger partial charge is 0.243 e. The molecule has 0 aromatic heterocycles. The molecule has 146 valence electrons. The Morgan fingerprint density at radius 3 is 2.22 bits per heavy atom. The second-order valence-corrected chi connectivity index (χ2v) is 8.20. The molecule has 0 saturated heterocycles. The number of carbonyl (C=O) groups excluding carboxylic acids is 1. The first-order chi connectivity index (χ1) is 12.8. The lowest BCUT2D eigenvalue weighted by Crippen LogP contribution is -2.30. The van der Waals surface area contributed by atoms with Crippen LogP contribution in [0.2, 0.25) is 0 Å². The number of aryl methyl sites for hydroxylation is 1. The van der Waals surface area contributed by atoms with Gasteiger partial charge in [-0.25, -0.2) is 8.42 Å². The minimum Gasteiger partial charge on any atom is -0.376 e. The number of benzene rings is 2. The number of amides is 1. The van der Waals surface area contributed by atoms with Gasteiger partial charge in [-0.05, 0) is 55.3 Å². The lowest BCUT2D eigenvalue weighted by molar-refractivity contribution is -0.114. The van der Waals surface area contributed by atoms with Crippen LogP contribution in [0.5, 0.6) is 0 Å². The Hall–Kier alpha value is -2.38. The van der Waals surface area contributed by atoms with Gasteiger partial charge in [0.1, 0.15) is 0 Å². The van der Waals surface area contributed by atoms with Gasteiger partial charge in [-0.2, -0.15) is 4.31 Å². The van der Waals surface area contributed by atoms with Crippen LogP contribution in [0.1, 0.15) is 25.0 Å². The van der Waals surface area contributed by atoms with Crippen molar-refractivity contribution >= 4 is 27.3 Å². The zero-order valence-electron chi connectivity index (χ0n) is 16.2. The van der Waals surface area contributed by atoms with E-state index in [1.54, 1.807) is 24.3 Å². The van der Waals surface area contributed by atoms with E-state index >= 15 is 0 Å². The molecule has 0 aliphatic heterocycles. The third-order valence-electron chi connectivity index (χ3n) is 4.53. The zero-order valence-corrected chi connectivity index (χ0v) is 17.1. The van der Waals surface area contributed by atoms with Crippen LogP contribution < -0.4 is 10.6 Å². The fourth-order valence-electron chi connectivity index (χ4n) is 2.72. The molecular weight excluding hydrogens is 362 g/mol. The summed E-state index contributed by atoms with van der Waals surface area (Å²) in [5.74, 6) is -0.163. The molecule has 2 N–H and O–H groups in total. The molecule has 0 fully saturated rings. The predicted molar refractivity (Wildman–Crippen MR) is 110 cm³/mol. The average molecular weight is 390 g/mol. The van der Waals surface area contributed by atoms with E-state index in [1.807, 2.05) is 45.9 Å². The summed E-state index contributed by atoms with van der Waals surface area (Å²) in [4.78, 5) is 12.4. The Bertz CT molecular complexity index is 889. The number of nitrogens with zero attached hydrogens (tertiary/aromatic N) is 1. The predicted octanol–water partition coefficient (Wildman–Crippen LogP) is 3.38. The van der Waals surface area contributed by atoms with Crippen LogP contribution in [0.15, 0.2) is 47.4 Å². The van der Waals surface area contributed by atoms with Crippen LogP contribution in [0.3, 0.4) is 0 Å². The summed E-state index contributed by atoms with van der Waals surface area (Å²) in [5.41, 5.74) is 3.63. The molecule has 0 radical (unpaired) electrons. The topological polar surface area (TPSA) is 78.5 Å². The number of sulfonamides is 1. The van der Waals surface area contributed by atoms with Gasteiger partial charge in [0.25, 0.3) is 0 Å². The van der Waals surface area contributed by atoms with E-state index in [0.717, 1.165) is 16.8 Å². The van der Waals surface area contributed by atoms with Crippen LogP contribution in [0, 0.1) is 13.8 Å². The highest BCUT2D eigenvalue weighted by Crippen LogP contribution is 2.19. The van der Waals surface area contributed by atoms with Crippen molar-refractivity contribution in [3.05, 3.63) is 53.6 Å². The molecule has 0 unspecified atom stereocenters. The maximum absolute atomic E-state index is 12.5. The molecule has 0 atom stereocenters. The van der Waals surface area contributed by atoms with Crippen LogP contribution >= 0.6 is 0 Å². The SMILES string of the molecule is CCN(CC)S(=O)(=O)c1ccc(NCC(=O)Nc2cccc(C)c2C)cc1. The van der Waals surface area contributed by atoms with Crippen LogP contribution in [0.25, 0.3) is 0 Å². The van der Waals surface area contributed by atoms with Gasteiger partial charge >= 0.3 is 0 Å². The number of hydrogen-bond acceptors (Lipinski definition) is 4. The summed E-state index contributed by atoms with van der Waals surface area (Å²) >= 11 is 0. The lowest BCUT2D eigenvalue weighted by Gasteiger charge is -2.18. The maximum Gasteiger partial charge on any atom is 0.243 e. The lowest BCUT2D eigenvalue weighted by atomic mass is 10.1. The highest BCUT2D eigenvalue weighted by atomic mass is 32.2. The van der Waals surface area contributed by atoms with E-state index < -0.39 is 10.0 Å². The minimum atomic E-state index is -3.47. The number of nitrogens with one attached hydrogen (secondary N) is 2. The van der Waals surface area contributed by atoms with E-state index in [1.165, 1.54) is 4.31 Å². The van der Waals surface area contributed by atoms with Crippen molar-refractivity contribution in [1.82, 2.24) is 4.31 Å². The molecule has 6 nitrogen and oxygen atoms in total. The second kappa shape index (κ2) is 9.01. The normalized spacial score (nSPS) is 11.4. The Kier molecular flexibility index (Phi) is 6.98. The molecule has 0 aliphatic carbocycles. The van der Waals surface area contributed by atoms with Crippen molar-refractivity contribution in [1.29, 1.82) is 0 Å². The van der Waals surface area contributed by atoms with Gasteiger partial charge < -0.3 is 10.6 Å². The van der Waals surface area contributed by atoms with Gasteiger partial charge in [-0.1, -0.05) is 26.0 Å². The largest absolute Gasteiger partial charge is 0.376 e. The zero-order chi connectivity index (χ0) is 20.0. The molecule has 27 heavy (non-hydrogen) atoms. The molecule has 2 rings (SSSR count). The first kappa shape index (κ1) is 20.9. The summed E-state index contributed by atoms with van der Waals surface area (Å²) in [5, 5.41) is 5.90. The number of anilines is 2. The van der Waals surface area contributed by atoms with Crippen LogP contribution in [0.4, 0.5) is 11.4 Å². The summed E-state index contributed by atoms with van der Waals surface area (Å²) in [7, 11) is -3.47. The van der Waals surface area contributed by atoms with Gasteiger partial charge in [-0.3, -0.25) is 4.79 Å². The molecule has 0 bridgehead atoms. The first-order valence-corrected chi connectivity index (χ1v) is 10.4. The van der Waals surface area contributed by atoms with E-state index in [4.69, 9.17) is 0 Å². The Labute approximate surface area is 161 Å². The van der Waals surface area contributed by atoms with Crippen LogP contribution in [-0.2, 0) is 14.8 Å². The van der Waals surface area contributed by atoms with E-state index in [0.29, 0.717) is 18.8 Å². The van der Waals surface area contributed by atoms with E-state index in [2.05, 4.69) is 10.6 Å². The molecule has 1 amide bonds. The fourth-order valence-corrected chi connectivity index (χ4v) is 4.18. The molecular formula is C20H27N3O3S. The van der Waals surface area contributed by atoms with Crippen molar-refractivity contribution in [3.8, 4) is 0 Å². The van der Waals surface area contributed by atoms with Gasteiger partial charge in [0.2, 0.25) is 15.9 Å². The Balaban J connectivity index is 1.99. The first-order valence-electron chi connectivity index (χ1n) is 8.99. The summed E-state index contributed by atoms with van der Waals surface area (Å²) in [6.07, 6.45) is 0. The summed E-state index contributed by atoms with van der Waals surface area (Å²) < 4.78 is 26.4. The monoisotopic (exact) mass is 389 g/mol. The number of hydrogen-bond donors (Lipinski definition) is 2. The molecule has 2 aromatic carbocycles. The Morgan fingerprint density at radius 1 is 1.00 bits per heavy atom. The molecule has 0 saturated carbocycles. The molecule has 0 heterocycles. The highest BCUT2D eigenvalue weighted by Gasteiger charge is 2.21.